The molecule has 1 fully saturated rings. The van der Waals surface area contributed by atoms with Gasteiger partial charge < -0.3 is 0 Å². The van der Waals surface area contributed by atoms with Gasteiger partial charge in [0.1, 0.15) is 5.78 Å². The van der Waals surface area contributed by atoms with Crippen LogP contribution in [0.3, 0.4) is 0 Å². The first-order valence-corrected chi connectivity index (χ1v) is 8.54. The summed E-state index contributed by atoms with van der Waals surface area (Å²) in [6, 6.07) is 21.2. The predicted octanol–water partition coefficient (Wildman–Crippen LogP) is 4.65. The number of carbonyl (C=O) groups excluding carboxylic acids is 1. The molecule has 23 heavy (non-hydrogen) atoms. The summed E-state index contributed by atoms with van der Waals surface area (Å²) in [6.07, 6.45) is 0. The van der Waals surface area contributed by atoms with Crippen LogP contribution in [0.4, 0.5) is 0 Å². The van der Waals surface area contributed by atoms with Crippen LogP contribution in [-0.2, 0) is 4.79 Å². The van der Waals surface area contributed by atoms with Crippen molar-refractivity contribution in [3.63, 3.8) is 0 Å². The van der Waals surface area contributed by atoms with E-state index in [1.807, 2.05) is 12.1 Å². The van der Waals surface area contributed by atoms with Crippen molar-refractivity contribution in [1.29, 1.82) is 0 Å². The van der Waals surface area contributed by atoms with Gasteiger partial charge in [-0.2, -0.15) is 0 Å². The van der Waals surface area contributed by atoms with Gasteiger partial charge >= 0.3 is 0 Å². The molecule has 2 nitrogen and oxygen atoms in total. The topological polar surface area (TPSA) is 20.3 Å². The van der Waals surface area contributed by atoms with Crippen molar-refractivity contribution in [2.24, 2.45) is 11.8 Å². The lowest BCUT2D eigenvalue weighted by Crippen LogP contribution is -2.49. The molecular weight excluding hydrogens is 282 g/mol. The molecule has 1 heterocycles. The number of piperidine rings is 1. The molecule has 0 aliphatic carbocycles. The molecule has 1 aliphatic rings. The van der Waals surface area contributed by atoms with Gasteiger partial charge in [0, 0.05) is 23.9 Å². The van der Waals surface area contributed by atoms with Crippen LogP contribution in [0.5, 0.6) is 0 Å². The average molecular weight is 307 g/mol. The molecule has 1 saturated heterocycles. The van der Waals surface area contributed by atoms with Crippen molar-refractivity contribution in [2.45, 2.75) is 32.9 Å². The quantitative estimate of drug-likeness (QED) is 0.823. The fraction of sp³-hybridized carbons (Fsp3) is 0.381. The van der Waals surface area contributed by atoms with Crippen LogP contribution in [0.2, 0.25) is 0 Å². The molecule has 0 aromatic heterocycles. The lowest BCUT2D eigenvalue weighted by atomic mass is 9.74. The standard InChI is InChI=1S/C21H25NO/c1-4-22-19(17-11-7-5-8-12-17)15(2)21(23)16(3)20(22)18-13-9-6-10-14-18/h5-16,19-20H,4H2,1-3H3/t15-,16-,19-,20+/m1/s1. The summed E-state index contributed by atoms with van der Waals surface area (Å²) in [7, 11) is 0. The number of benzene rings is 2. The fourth-order valence-corrected chi connectivity index (χ4v) is 4.13. The van der Waals surface area contributed by atoms with E-state index in [4.69, 9.17) is 0 Å². The molecule has 120 valence electrons. The number of nitrogens with zero attached hydrogens (tertiary/aromatic N) is 1. The zero-order valence-corrected chi connectivity index (χ0v) is 14.1. The molecule has 0 saturated carbocycles. The zero-order valence-electron chi connectivity index (χ0n) is 14.1. The first kappa shape index (κ1) is 15.9. The molecule has 0 bridgehead atoms. The maximum Gasteiger partial charge on any atom is 0.142 e. The fourth-order valence-electron chi connectivity index (χ4n) is 4.13. The van der Waals surface area contributed by atoms with Gasteiger partial charge in [-0.05, 0) is 17.7 Å². The Morgan fingerprint density at radius 2 is 1.17 bits per heavy atom. The summed E-state index contributed by atoms with van der Waals surface area (Å²) in [5, 5.41) is 0. The smallest absolute Gasteiger partial charge is 0.142 e. The largest absolute Gasteiger partial charge is 0.299 e. The highest BCUT2D eigenvalue weighted by Gasteiger charge is 2.45. The minimum Gasteiger partial charge on any atom is -0.299 e. The minimum atomic E-state index is 0.0207. The van der Waals surface area contributed by atoms with E-state index in [9.17, 15) is 4.79 Å². The number of Topliss-reactive ketones (excluding diaryl/α,β-unsaturated/α-hetero) is 1. The van der Waals surface area contributed by atoms with Crippen LogP contribution in [0.15, 0.2) is 60.7 Å². The molecule has 2 aromatic rings. The van der Waals surface area contributed by atoms with Gasteiger partial charge in [0.15, 0.2) is 0 Å². The van der Waals surface area contributed by atoms with Crippen molar-refractivity contribution in [3.8, 4) is 0 Å². The Bertz CT molecular complexity index is 597. The predicted molar refractivity (Wildman–Crippen MR) is 94.1 cm³/mol. The molecule has 0 unspecified atom stereocenters. The average Bonchev–Trinajstić information content (AvgIpc) is 2.61. The Kier molecular flexibility index (Phi) is 4.63. The van der Waals surface area contributed by atoms with Gasteiger partial charge in [-0.25, -0.2) is 0 Å². The van der Waals surface area contributed by atoms with E-state index in [1.54, 1.807) is 0 Å². The second kappa shape index (κ2) is 6.67. The van der Waals surface area contributed by atoms with E-state index < -0.39 is 0 Å². The minimum absolute atomic E-state index is 0.0207. The van der Waals surface area contributed by atoms with Crippen LogP contribution in [0.25, 0.3) is 0 Å². The van der Waals surface area contributed by atoms with E-state index in [1.165, 1.54) is 11.1 Å². The summed E-state index contributed by atoms with van der Waals surface area (Å²) in [6.45, 7) is 7.29. The summed E-state index contributed by atoms with van der Waals surface area (Å²) < 4.78 is 0. The molecule has 0 amide bonds. The Morgan fingerprint density at radius 1 is 0.783 bits per heavy atom. The Morgan fingerprint density at radius 3 is 1.52 bits per heavy atom. The van der Waals surface area contributed by atoms with Crippen LogP contribution in [0.1, 0.15) is 44.0 Å². The number of hydrogen-bond donors (Lipinski definition) is 0. The van der Waals surface area contributed by atoms with Gasteiger partial charge in [-0.1, -0.05) is 81.4 Å². The number of hydrogen-bond acceptors (Lipinski definition) is 2. The molecule has 1 aliphatic heterocycles. The highest BCUT2D eigenvalue weighted by Crippen LogP contribution is 2.45. The van der Waals surface area contributed by atoms with Gasteiger partial charge in [0.2, 0.25) is 0 Å². The summed E-state index contributed by atoms with van der Waals surface area (Å²) in [5.41, 5.74) is 2.48. The lowest BCUT2D eigenvalue weighted by molar-refractivity contribution is -0.137. The third kappa shape index (κ3) is 2.84. The third-order valence-corrected chi connectivity index (χ3v) is 5.21. The maximum absolute atomic E-state index is 12.9. The normalized spacial score (nSPS) is 28.7. The van der Waals surface area contributed by atoms with E-state index in [-0.39, 0.29) is 23.9 Å². The van der Waals surface area contributed by atoms with Crippen molar-refractivity contribution >= 4 is 5.78 Å². The van der Waals surface area contributed by atoms with Gasteiger partial charge in [-0.15, -0.1) is 0 Å². The molecule has 0 radical (unpaired) electrons. The summed E-state index contributed by atoms with van der Waals surface area (Å²) >= 11 is 0. The van der Waals surface area contributed by atoms with Crippen molar-refractivity contribution in [3.05, 3.63) is 71.8 Å². The number of carbonyl (C=O) groups is 1. The first-order chi connectivity index (χ1) is 11.1. The van der Waals surface area contributed by atoms with Crippen LogP contribution in [-0.4, -0.2) is 17.2 Å². The molecule has 0 N–H and O–H groups in total. The van der Waals surface area contributed by atoms with E-state index in [2.05, 4.69) is 74.2 Å². The Hall–Kier alpha value is -1.93. The zero-order chi connectivity index (χ0) is 16.4. The second-order valence-corrected chi connectivity index (χ2v) is 6.52. The van der Waals surface area contributed by atoms with E-state index in [0.717, 1.165) is 6.54 Å². The summed E-state index contributed by atoms with van der Waals surface area (Å²) in [5.74, 6) is 0.414. The van der Waals surface area contributed by atoms with Crippen LogP contribution >= 0.6 is 0 Å². The van der Waals surface area contributed by atoms with Gasteiger partial charge in [0.25, 0.3) is 0 Å². The van der Waals surface area contributed by atoms with Crippen molar-refractivity contribution < 1.29 is 4.79 Å². The van der Waals surface area contributed by atoms with Crippen LogP contribution < -0.4 is 0 Å². The second-order valence-electron chi connectivity index (χ2n) is 6.52. The highest BCUT2D eigenvalue weighted by atomic mass is 16.1. The molecule has 4 atom stereocenters. The van der Waals surface area contributed by atoms with E-state index >= 15 is 0 Å². The third-order valence-electron chi connectivity index (χ3n) is 5.21. The Labute approximate surface area is 139 Å². The molecule has 3 rings (SSSR count). The highest BCUT2D eigenvalue weighted by molar-refractivity contribution is 5.85. The van der Waals surface area contributed by atoms with Crippen molar-refractivity contribution in [1.82, 2.24) is 4.90 Å². The Balaban J connectivity index is 2.07. The molecule has 0 spiro atoms. The van der Waals surface area contributed by atoms with Crippen molar-refractivity contribution in [2.75, 3.05) is 6.54 Å². The van der Waals surface area contributed by atoms with Crippen LogP contribution in [0, 0.1) is 11.8 Å². The first-order valence-electron chi connectivity index (χ1n) is 8.54. The molecule has 2 heteroatoms. The SMILES string of the molecule is CCN1[C@H](c2ccccc2)[C@@H](C)C(=O)[C@H](C)[C@@H]1c1ccccc1. The molecular formula is C21H25NO. The number of likely N-dealkylation sites (tertiary alicyclic amines) is 1. The monoisotopic (exact) mass is 307 g/mol. The number of ketones is 1. The number of rotatable bonds is 3. The lowest BCUT2D eigenvalue weighted by Gasteiger charge is -2.48. The molecule has 2 aromatic carbocycles. The maximum atomic E-state index is 12.9. The summed E-state index contributed by atoms with van der Waals surface area (Å²) in [4.78, 5) is 15.4. The van der Waals surface area contributed by atoms with Gasteiger partial charge in [0.05, 0.1) is 0 Å². The van der Waals surface area contributed by atoms with E-state index in [0.29, 0.717) is 5.78 Å². The van der Waals surface area contributed by atoms with Gasteiger partial charge in [-0.3, -0.25) is 9.69 Å².